The number of hydrogen-bond donors (Lipinski definition) is 1. The summed E-state index contributed by atoms with van der Waals surface area (Å²) in [7, 11) is 0. The second-order valence-electron chi connectivity index (χ2n) is 9.11. The van der Waals surface area contributed by atoms with Crippen LogP contribution >= 0.6 is 0 Å². The number of carbonyl (C=O) groups is 3. The Bertz CT molecular complexity index is 1350. The summed E-state index contributed by atoms with van der Waals surface area (Å²) in [5.41, 5.74) is 2.94. The lowest BCUT2D eigenvalue weighted by atomic mass is 10.1. The van der Waals surface area contributed by atoms with Gasteiger partial charge in [0.05, 0.1) is 5.69 Å². The van der Waals surface area contributed by atoms with Crippen molar-refractivity contribution in [2.75, 3.05) is 31.5 Å². The molecule has 9 nitrogen and oxygen atoms in total. The first-order valence-electron chi connectivity index (χ1n) is 12.4. The number of nitrogens with zero attached hydrogens (tertiary/aromatic N) is 1. The third-order valence-electron chi connectivity index (χ3n) is 6.33. The van der Waals surface area contributed by atoms with E-state index in [0.717, 1.165) is 11.1 Å². The summed E-state index contributed by atoms with van der Waals surface area (Å²) in [4.78, 5) is 39.4. The molecule has 0 spiro atoms. The van der Waals surface area contributed by atoms with Crippen LogP contribution in [0.5, 0.6) is 23.0 Å². The molecular formula is C29H28N2O7. The van der Waals surface area contributed by atoms with Crippen molar-refractivity contribution in [2.45, 2.75) is 26.3 Å². The van der Waals surface area contributed by atoms with Gasteiger partial charge in [0.1, 0.15) is 11.5 Å². The third-order valence-corrected chi connectivity index (χ3v) is 6.33. The Morgan fingerprint density at radius 2 is 1.74 bits per heavy atom. The highest BCUT2D eigenvalue weighted by Crippen LogP contribution is 2.34. The van der Waals surface area contributed by atoms with Gasteiger partial charge in [-0.1, -0.05) is 23.8 Å². The lowest BCUT2D eigenvalue weighted by Crippen LogP contribution is -2.40. The summed E-state index contributed by atoms with van der Waals surface area (Å²) in [6, 6.07) is 18.0. The molecule has 3 aromatic carbocycles. The Morgan fingerprint density at radius 1 is 0.947 bits per heavy atom. The fourth-order valence-electron chi connectivity index (χ4n) is 4.23. The molecule has 2 aliphatic rings. The second-order valence-corrected chi connectivity index (χ2v) is 9.11. The van der Waals surface area contributed by atoms with Crippen molar-refractivity contribution in [1.29, 1.82) is 0 Å². The van der Waals surface area contributed by atoms with Crippen molar-refractivity contribution in [3.8, 4) is 23.0 Å². The molecule has 0 fully saturated rings. The summed E-state index contributed by atoms with van der Waals surface area (Å²) in [5.74, 6) is 1.93. The molecule has 196 valence electrons. The van der Waals surface area contributed by atoms with Gasteiger partial charge in [0.25, 0.3) is 5.91 Å². The monoisotopic (exact) mass is 516 g/mol. The van der Waals surface area contributed by atoms with E-state index in [2.05, 4.69) is 5.32 Å². The van der Waals surface area contributed by atoms with E-state index in [1.54, 1.807) is 23.1 Å². The molecule has 2 heterocycles. The normalized spacial score (nSPS) is 13.5. The summed E-state index contributed by atoms with van der Waals surface area (Å²) < 4.78 is 21.8. The van der Waals surface area contributed by atoms with E-state index in [-0.39, 0.29) is 44.0 Å². The number of rotatable bonds is 10. The number of hydrogen-bond acceptors (Lipinski definition) is 7. The number of ketones is 1. The Hall–Kier alpha value is -4.53. The van der Waals surface area contributed by atoms with E-state index in [4.69, 9.17) is 18.9 Å². The molecular weight excluding hydrogens is 488 g/mol. The first-order chi connectivity index (χ1) is 18.5. The topological polar surface area (TPSA) is 103 Å². The summed E-state index contributed by atoms with van der Waals surface area (Å²) >= 11 is 0. The number of anilines is 1. The highest BCUT2D eigenvalue weighted by molar-refractivity contribution is 6.02. The van der Waals surface area contributed by atoms with Crippen molar-refractivity contribution in [3.05, 3.63) is 77.4 Å². The second kappa shape index (κ2) is 11.2. The number of carbonyl (C=O) groups excluding carboxylic acids is 3. The van der Waals surface area contributed by atoms with Crippen LogP contribution < -0.4 is 29.2 Å². The van der Waals surface area contributed by atoms with Gasteiger partial charge in [-0.05, 0) is 61.4 Å². The molecule has 5 rings (SSSR count). The van der Waals surface area contributed by atoms with E-state index < -0.39 is 0 Å². The molecule has 2 aliphatic heterocycles. The van der Waals surface area contributed by atoms with Gasteiger partial charge in [-0.15, -0.1) is 0 Å². The summed E-state index contributed by atoms with van der Waals surface area (Å²) in [6.07, 6.45) is 0.695. The zero-order valence-corrected chi connectivity index (χ0v) is 21.0. The largest absolute Gasteiger partial charge is 0.485 e. The lowest BCUT2D eigenvalue weighted by Gasteiger charge is -2.29. The number of nitrogens with one attached hydrogen (secondary N) is 1. The van der Waals surface area contributed by atoms with Gasteiger partial charge in [0.15, 0.2) is 30.5 Å². The SMILES string of the molecule is Cc1ccc(OCC(=O)c2ccc3c(c2)N(CCCC(=O)NCc2ccc4c(c2)OCO4)C(=O)CO3)cc1. The molecule has 0 atom stereocenters. The van der Waals surface area contributed by atoms with Crippen LogP contribution in [-0.4, -0.2) is 44.1 Å². The Labute approximate surface area is 220 Å². The van der Waals surface area contributed by atoms with Crippen LogP contribution in [0.4, 0.5) is 5.69 Å². The lowest BCUT2D eigenvalue weighted by molar-refractivity contribution is -0.123. The van der Waals surface area contributed by atoms with Crippen LogP contribution in [0.15, 0.2) is 60.7 Å². The summed E-state index contributed by atoms with van der Waals surface area (Å²) in [5, 5.41) is 2.89. The molecule has 2 amide bonds. The molecule has 0 saturated carbocycles. The Balaban J connectivity index is 1.15. The Morgan fingerprint density at radius 3 is 2.58 bits per heavy atom. The summed E-state index contributed by atoms with van der Waals surface area (Å²) in [6.45, 7) is 2.65. The number of benzene rings is 3. The van der Waals surface area contributed by atoms with Gasteiger partial charge in [0.2, 0.25) is 12.7 Å². The maximum absolute atomic E-state index is 12.8. The molecule has 0 unspecified atom stereocenters. The van der Waals surface area contributed by atoms with Gasteiger partial charge < -0.3 is 29.2 Å². The third kappa shape index (κ3) is 5.88. The van der Waals surface area contributed by atoms with E-state index in [0.29, 0.717) is 53.8 Å². The number of Topliss-reactive ketones (excluding diaryl/α,β-unsaturated/α-hetero) is 1. The van der Waals surface area contributed by atoms with Crippen molar-refractivity contribution >= 4 is 23.3 Å². The van der Waals surface area contributed by atoms with Gasteiger partial charge >= 0.3 is 0 Å². The minimum atomic E-state index is -0.223. The maximum Gasteiger partial charge on any atom is 0.265 e. The van der Waals surface area contributed by atoms with Crippen LogP contribution in [-0.2, 0) is 16.1 Å². The van der Waals surface area contributed by atoms with Crippen molar-refractivity contribution in [3.63, 3.8) is 0 Å². The number of aryl methyl sites for hydroxylation is 1. The highest BCUT2D eigenvalue weighted by Gasteiger charge is 2.26. The fraction of sp³-hybridized carbons (Fsp3) is 0.276. The van der Waals surface area contributed by atoms with E-state index in [1.165, 1.54) is 0 Å². The van der Waals surface area contributed by atoms with Gasteiger partial charge in [-0.25, -0.2) is 0 Å². The first-order valence-corrected chi connectivity index (χ1v) is 12.4. The van der Waals surface area contributed by atoms with Crippen molar-refractivity contribution in [2.24, 2.45) is 0 Å². The number of ether oxygens (including phenoxy) is 4. The smallest absolute Gasteiger partial charge is 0.265 e. The van der Waals surface area contributed by atoms with Gasteiger partial charge in [0, 0.05) is 25.1 Å². The minimum Gasteiger partial charge on any atom is -0.485 e. The van der Waals surface area contributed by atoms with Crippen LogP contribution in [0.25, 0.3) is 0 Å². The maximum atomic E-state index is 12.8. The molecule has 38 heavy (non-hydrogen) atoms. The van der Waals surface area contributed by atoms with E-state index in [1.807, 2.05) is 49.4 Å². The zero-order chi connectivity index (χ0) is 26.5. The molecule has 0 bridgehead atoms. The molecule has 3 aromatic rings. The average molecular weight is 517 g/mol. The minimum absolute atomic E-state index is 0.0901. The molecule has 0 radical (unpaired) electrons. The molecule has 0 aromatic heterocycles. The molecule has 1 N–H and O–H groups in total. The van der Waals surface area contributed by atoms with Gasteiger partial charge in [-0.3, -0.25) is 14.4 Å². The molecule has 0 saturated heterocycles. The average Bonchev–Trinajstić information content (AvgIpc) is 3.40. The Kier molecular flexibility index (Phi) is 7.44. The van der Waals surface area contributed by atoms with E-state index in [9.17, 15) is 14.4 Å². The first kappa shape index (κ1) is 25.1. The van der Waals surface area contributed by atoms with Gasteiger partial charge in [-0.2, -0.15) is 0 Å². The van der Waals surface area contributed by atoms with Crippen molar-refractivity contribution < 1.29 is 33.3 Å². The van der Waals surface area contributed by atoms with Crippen LogP contribution in [0, 0.1) is 6.92 Å². The van der Waals surface area contributed by atoms with Crippen LogP contribution in [0.3, 0.4) is 0 Å². The van der Waals surface area contributed by atoms with Crippen LogP contribution in [0.2, 0.25) is 0 Å². The molecule has 0 aliphatic carbocycles. The number of fused-ring (bicyclic) bond motifs is 2. The van der Waals surface area contributed by atoms with Crippen LogP contribution in [0.1, 0.15) is 34.3 Å². The standard InChI is InChI=1S/C29H28N2O7/c1-19-4-8-22(9-5-19)35-16-24(32)21-7-11-25-23(14-21)31(29(34)17-36-25)12-2-3-28(33)30-15-20-6-10-26-27(13-20)38-18-37-26/h4-11,13-14H,2-3,12,15-18H2,1H3,(H,30,33). The quantitative estimate of drug-likeness (QED) is 0.409. The van der Waals surface area contributed by atoms with E-state index >= 15 is 0 Å². The predicted octanol–water partition coefficient (Wildman–Crippen LogP) is 3.81. The predicted molar refractivity (Wildman–Crippen MR) is 139 cm³/mol. The van der Waals surface area contributed by atoms with Crippen molar-refractivity contribution in [1.82, 2.24) is 5.32 Å². The number of amides is 2. The zero-order valence-electron chi connectivity index (χ0n) is 21.0. The highest BCUT2D eigenvalue weighted by atomic mass is 16.7. The fourth-order valence-corrected chi connectivity index (χ4v) is 4.23. The molecule has 9 heteroatoms.